The summed E-state index contributed by atoms with van der Waals surface area (Å²) in [4.78, 5) is 0. The van der Waals surface area contributed by atoms with Gasteiger partial charge in [0.05, 0.1) is 0 Å². The first kappa shape index (κ1) is 16.2. The van der Waals surface area contributed by atoms with Crippen LogP contribution in [0.25, 0.3) is 0 Å². The summed E-state index contributed by atoms with van der Waals surface area (Å²) in [6.45, 7) is 5.24. The molecule has 0 atom stereocenters. The van der Waals surface area contributed by atoms with Gasteiger partial charge in [0.25, 0.3) is 0 Å². The van der Waals surface area contributed by atoms with Crippen molar-refractivity contribution in [2.45, 2.75) is 20.3 Å². The summed E-state index contributed by atoms with van der Waals surface area (Å²) in [5.74, 6) is 0. The number of benzene rings is 1. The number of aliphatic hydroxyl groups is 1. The Kier molecular flexibility index (Phi) is 9.31. The maximum Gasteiger partial charge on any atom is 0.0465 e. The molecule has 0 spiro atoms. The number of anilines is 1. The van der Waals surface area contributed by atoms with Crippen molar-refractivity contribution in [3.05, 3.63) is 41.5 Å². The summed E-state index contributed by atoms with van der Waals surface area (Å²) in [6, 6.07) is 6.27. The molecule has 1 aromatic rings. The largest absolute Gasteiger partial charge is 0.396 e. The van der Waals surface area contributed by atoms with E-state index in [4.69, 9.17) is 5.11 Å². The Bertz CT molecular complexity index is 316. The second kappa shape index (κ2) is 9.22. The maximum absolute atomic E-state index is 8.60. The van der Waals surface area contributed by atoms with E-state index in [-0.39, 0.29) is 50.7 Å². The molecule has 3 heteroatoms. The fourth-order valence-electron chi connectivity index (χ4n) is 1.53. The zero-order chi connectivity index (χ0) is 11.1. The molecule has 0 saturated carbocycles. The van der Waals surface area contributed by atoms with Crippen LogP contribution in [0.5, 0.6) is 0 Å². The van der Waals surface area contributed by atoms with E-state index in [1.807, 2.05) is 12.2 Å². The first-order valence-corrected chi connectivity index (χ1v) is 5.31. The molecular formula is C13H19AcNO. The van der Waals surface area contributed by atoms with E-state index in [9.17, 15) is 0 Å². The van der Waals surface area contributed by atoms with E-state index in [1.165, 1.54) is 16.8 Å². The van der Waals surface area contributed by atoms with E-state index >= 15 is 0 Å². The molecule has 0 bridgehead atoms. The van der Waals surface area contributed by atoms with Crippen LogP contribution in [0.15, 0.2) is 30.4 Å². The molecule has 0 unspecified atom stereocenters. The summed E-state index contributed by atoms with van der Waals surface area (Å²) < 4.78 is 0. The zero-order valence-electron chi connectivity index (χ0n) is 10.0. The number of rotatable bonds is 5. The van der Waals surface area contributed by atoms with Gasteiger partial charge in [-0.05, 0) is 31.4 Å². The molecule has 0 aliphatic rings. The molecule has 0 heterocycles. The Labute approximate surface area is 134 Å². The van der Waals surface area contributed by atoms with Crippen LogP contribution in [0.1, 0.15) is 17.5 Å². The molecule has 1 radical (unpaired) electrons. The van der Waals surface area contributed by atoms with E-state index in [1.54, 1.807) is 0 Å². The van der Waals surface area contributed by atoms with Gasteiger partial charge >= 0.3 is 0 Å². The van der Waals surface area contributed by atoms with Crippen molar-refractivity contribution >= 4 is 5.69 Å². The Morgan fingerprint density at radius 1 is 1.19 bits per heavy atom. The molecule has 16 heavy (non-hydrogen) atoms. The van der Waals surface area contributed by atoms with Crippen molar-refractivity contribution in [1.29, 1.82) is 0 Å². The van der Waals surface area contributed by atoms with Gasteiger partial charge in [-0.25, -0.2) is 0 Å². The Hall–Kier alpha value is 0.162. The molecule has 0 aliphatic heterocycles. The quantitative estimate of drug-likeness (QED) is 0.702. The molecule has 0 fully saturated rings. The Morgan fingerprint density at radius 3 is 2.38 bits per heavy atom. The molecule has 85 valence electrons. The summed E-state index contributed by atoms with van der Waals surface area (Å²) in [7, 11) is 0. The molecule has 2 N–H and O–H groups in total. The van der Waals surface area contributed by atoms with Gasteiger partial charge in [0.2, 0.25) is 0 Å². The minimum absolute atomic E-state index is 0. The van der Waals surface area contributed by atoms with Crippen LogP contribution < -0.4 is 5.32 Å². The van der Waals surface area contributed by atoms with Crippen LogP contribution in [0.4, 0.5) is 5.69 Å². The van der Waals surface area contributed by atoms with Crippen LogP contribution in [0.2, 0.25) is 0 Å². The van der Waals surface area contributed by atoms with Crippen molar-refractivity contribution in [1.82, 2.24) is 0 Å². The number of hydrogen-bond acceptors (Lipinski definition) is 2. The molecular weight excluding hydrogens is 413 g/mol. The van der Waals surface area contributed by atoms with Crippen LogP contribution in [0, 0.1) is 57.9 Å². The predicted molar refractivity (Wildman–Crippen MR) is 65.2 cm³/mol. The average Bonchev–Trinajstić information content (AvgIpc) is 2.21. The topological polar surface area (TPSA) is 32.3 Å². The van der Waals surface area contributed by atoms with E-state index < -0.39 is 0 Å². The molecule has 2 nitrogen and oxygen atoms in total. The van der Waals surface area contributed by atoms with Crippen molar-refractivity contribution in [2.75, 3.05) is 18.5 Å². The zero-order valence-corrected chi connectivity index (χ0v) is 14.8. The Morgan fingerprint density at radius 2 is 1.81 bits per heavy atom. The van der Waals surface area contributed by atoms with Crippen molar-refractivity contribution in [3.8, 4) is 0 Å². The monoisotopic (exact) mass is 432 g/mol. The third-order valence-electron chi connectivity index (χ3n) is 2.34. The summed E-state index contributed by atoms with van der Waals surface area (Å²) in [5, 5.41) is 12.0. The summed E-state index contributed by atoms with van der Waals surface area (Å²) in [5.41, 5.74) is 3.75. The van der Waals surface area contributed by atoms with E-state index in [0.29, 0.717) is 0 Å². The normalized spacial score (nSPS) is 10.2. The molecule has 1 aromatic carbocycles. The third kappa shape index (κ3) is 5.48. The van der Waals surface area contributed by atoms with Gasteiger partial charge < -0.3 is 10.4 Å². The first-order chi connectivity index (χ1) is 7.25. The van der Waals surface area contributed by atoms with Crippen molar-refractivity contribution in [3.63, 3.8) is 0 Å². The molecule has 0 saturated heterocycles. The number of aliphatic hydroxyl groups excluding tert-OH is 1. The van der Waals surface area contributed by atoms with Crippen molar-refractivity contribution in [2.24, 2.45) is 0 Å². The van der Waals surface area contributed by atoms with Crippen molar-refractivity contribution < 1.29 is 49.2 Å². The fourth-order valence-corrected chi connectivity index (χ4v) is 1.53. The van der Waals surface area contributed by atoms with Crippen LogP contribution in [-0.4, -0.2) is 18.3 Å². The minimum atomic E-state index is 0. The number of hydrogen-bond donors (Lipinski definition) is 2. The summed E-state index contributed by atoms with van der Waals surface area (Å²) in [6.07, 6.45) is 4.76. The third-order valence-corrected chi connectivity index (χ3v) is 2.34. The van der Waals surface area contributed by atoms with Gasteiger partial charge in [0, 0.05) is 62.9 Å². The van der Waals surface area contributed by atoms with E-state index in [0.717, 1.165) is 13.0 Å². The van der Waals surface area contributed by atoms with Gasteiger partial charge in [-0.3, -0.25) is 0 Å². The Balaban J connectivity index is 0.00000225. The number of aryl methyl sites for hydroxylation is 2. The number of para-hydroxylation sites is 1. The van der Waals surface area contributed by atoms with Gasteiger partial charge in [-0.15, -0.1) is 0 Å². The first-order valence-electron chi connectivity index (χ1n) is 5.31. The minimum Gasteiger partial charge on any atom is -0.396 e. The number of nitrogens with one attached hydrogen (secondary N) is 1. The summed E-state index contributed by atoms with van der Waals surface area (Å²) >= 11 is 0. The SMILES string of the molecule is Cc1cccc(C)c1NC/C=C/CCO.[Ac]. The maximum atomic E-state index is 8.60. The second-order valence-electron chi connectivity index (χ2n) is 3.63. The van der Waals surface area contributed by atoms with E-state index in [2.05, 4.69) is 37.4 Å². The van der Waals surface area contributed by atoms with Gasteiger partial charge in [-0.2, -0.15) is 0 Å². The van der Waals surface area contributed by atoms with Gasteiger partial charge in [0.15, 0.2) is 0 Å². The van der Waals surface area contributed by atoms with Crippen LogP contribution in [0.3, 0.4) is 0 Å². The van der Waals surface area contributed by atoms with Crippen LogP contribution in [-0.2, 0) is 0 Å². The van der Waals surface area contributed by atoms with Crippen LogP contribution >= 0.6 is 0 Å². The second-order valence-corrected chi connectivity index (χ2v) is 3.63. The van der Waals surface area contributed by atoms with Gasteiger partial charge in [-0.1, -0.05) is 30.4 Å². The molecule has 0 amide bonds. The molecule has 1 rings (SSSR count). The van der Waals surface area contributed by atoms with Gasteiger partial charge in [0.1, 0.15) is 0 Å². The fraction of sp³-hybridized carbons (Fsp3) is 0.385. The predicted octanol–water partition coefficient (Wildman–Crippen LogP) is 2.65. The molecule has 0 aromatic heterocycles. The molecule has 0 aliphatic carbocycles. The average molecular weight is 432 g/mol. The smallest absolute Gasteiger partial charge is 0.0465 e. The standard InChI is InChI=1S/C13H19NO.Ac/c1-11-7-6-8-12(2)13(11)14-9-4-3-5-10-15;/h3-4,6-8,14-15H,5,9-10H2,1-2H3;/b4-3+;.